The molecule has 1 saturated carbocycles. The van der Waals surface area contributed by atoms with Crippen LogP contribution in [0.4, 0.5) is 5.95 Å². The molecule has 0 bridgehead atoms. The molecule has 0 saturated heterocycles. The largest absolute Gasteiger partial charge is 0.462 e. The van der Waals surface area contributed by atoms with E-state index in [1.807, 2.05) is 56.0 Å². The third kappa shape index (κ3) is 3.18. The summed E-state index contributed by atoms with van der Waals surface area (Å²) < 4.78 is 5.21. The maximum atomic E-state index is 12.5. The Hall–Kier alpha value is -2.43. The molecule has 0 aliphatic heterocycles. The van der Waals surface area contributed by atoms with Crippen LogP contribution < -0.4 is 5.73 Å². The number of benzene rings is 1. The highest BCUT2D eigenvalue weighted by atomic mass is 16.5. The van der Waals surface area contributed by atoms with Gasteiger partial charge in [-0.2, -0.15) is 0 Å². The number of ether oxygens (including phenoxy) is 1. The van der Waals surface area contributed by atoms with Crippen LogP contribution in [0.25, 0.3) is 11.3 Å². The van der Waals surface area contributed by atoms with E-state index < -0.39 is 5.97 Å². The van der Waals surface area contributed by atoms with Gasteiger partial charge in [0.25, 0.3) is 0 Å². The minimum absolute atomic E-state index is 0.119. The summed E-state index contributed by atoms with van der Waals surface area (Å²) in [5.74, 6) is 0.468. The molecule has 5 heteroatoms. The monoisotopic (exact) mass is 306 g/mol. The average Bonchev–Trinajstić information content (AvgIpc) is 3.09. The summed E-state index contributed by atoms with van der Waals surface area (Å²) in [6.07, 6.45) is 7.51. The highest BCUT2D eigenvalue weighted by Gasteiger charge is 2.30. The zero-order chi connectivity index (χ0) is 16.2. The van der Waals surface area contributed by atoms with Crippen molar-refractivity contribution in [2.24, 2.45) is 0 Å². The first-order valence-electron chi connectivity index (χ1n) is 7.33. The quantitative estimate of drug-likeness (QED) is 0.879. The number of carbonyl (C=O) groups excluding carboxylic acids is 1. The molecule has 1 heterocycles. The Labute approximate surface area is 135 Å². The summed E-state index contributed by atoms with van der Waals surface area (Å²) >= 11 is 0. The van der Waals surface area contributed by atoms with Crippen molar-refractivity contribution in [3.63, 3.8) is 0 Å². The molecular weight excluding hydrogens is 290 g/mol. The maximum Gasteiger partial charge on any atom is 0.342 e. The van der Waals surface area contributed by atoms with Crippen LogP contribution in [0.1, 0.15) is 23.0 Å². The van der Waals surface area contributed by atoms with Crippen LogP contribution in [0.15, 0.2) is 30.3 Å². The minimum Gasteiger partial charge on any atom is -0.462 e. The SMILES string of the molecule is CCOC(=O)c1c([C]2[CH][CH][CH][CH]2)nc(N)nc1-c1ccccc1. The van der Waals surface area contributed by atoms with Crippen LogP contribution in [0, 0.1) is 31.6 Å². The fourth-order valence-electron chi connectivity index (χ4n) is 2.42. The van der Waals surface area contributed by atoms with E-state index in [4.69, 9.17) is 10.5 Å². The van der Waals surface area contributed by atoms with Crippen molar-refractivity contribution in [1.82, 2.24) is 9.97 Å². The third-order valence-electron chi connectivity index (χ3n) is 3.39. The molecule has 0 atom stereocenters. The standard InChI is InChI=1S/C18H16N3O2/c1-2-23-17(22)14-15(12-8-4-3-5-9-12)20-18(19)21-16(14)13-10-6-7-11-13/h3-11H,2H2,1H3,(H2,19,20,21). The summed E-state index contributed by atoms with van der Waals surface area (Å²) in [6.45, 7) is 2.04. The van der Waals surface area contributed by atoms with Crippen LogP contribution in [0.2, 0.25) is 0 Å². The highest BCUT2D eigenvalue weighted by Crippen LogP contribution is 2.35. The van der Waals surface area contributed by atoms with Crippen molar-refractivity contribution in [2.45, 2.75) is 6.92 Å². The molecule has 1 aliphatic carbocycles. The lowest BCUT2D eigenvalue weighted by atomic mass is 9.95. The lowest BCUT2D eigenvalue weighted by molar-refractivity contribution is 0.0525. The molecule has 5 nitrogen and oxygen atoms in total. The second-order valence-electron chi connectivity index (χ2n) is 4.91. The van der Waals surface area contributed by atoms with Crippen LogP contribution in [-0.4, -0.2) is 22.5 Å². The number of carbonyl (C=O) groups is 1. The molecule has 0 spiro atoms. The molecule has 2 N–H and O–H groups in total. The van der Waals surface area contributed by atoms with E-state index in [-0.39, 0.29) is 12.6 Å². The van der Waals surface area contributed by atoms with Gasteiger partial charge in [-0.25, -0.2) is 14.8 Å². The minimum atomic E-state index is -0.456. The van der Waals surface area contributed by atoms with Crippen molar-refractivity contribution in [1.29, 1.82) is 0 Å². The molecule has 1 aromatic heterocycles. The van der Waals surface area contributed by atoms with E-state index in [9.17, 15) is 4.79 Å². The van der Waals surface area contributed by atoms with Gasteiger partial charge < -0.3 is 10.5 Å². The van der Waals surface area contributed by atoms with Crippen LogP contribution >= 0.6 is 0 Å². The first-order valence-corrected chi connectivity index (χ1v) is 7.33. The van der Waals surface area contributed by atoms with E-state index in [1.165, 1.54) is 0 Å². The van der Waals surface area contributed by atoms with Gasteiger partial charge in [0.05, 0.1) is 18.0 Å². The molecule has 23 heavy (non-hydrogen) atoms. The lowest BCUT2D eigenvalue weighted by Crippen LogP contribution is -2.17. The topological polar surface area (TPSA) is 78.1 Å². The molecular formula is C18H16N3O2. The molecule has 115 valence electrons. The Morgan fingerprint density at radius 2 is 1.74 bits per heavy atom. The molecule has 2 aromatic rings. The second kappa shape index (κ2) is 6.77. The van der Waals surface area contributed by atoms with E-state index in [1.54, 1.807) is 6.92 Å². The predicted molar refractivity (Wildman–Crippen MR) is 87.4 cm³/mol. The van der Waals surface area contributed by atoms with E-state index in [0.717, 1.165) is 11.5 Å². The number of nitrogens with two attached hydrogens (primary N) is 1. The molecule has 5 radical (unpaired) electrons. The van der Waals surface area contributed by atoms with Crippen LogP contribution in [-0.2, 0) is 4.74 Å². The summed E-state index contributed by atoms with van der Waals surface area (Å²) in [5, 5.41) is 0. The second-order valence-corrected chi connectivity index (χ2v) is 4.91. The highest BCUT2D eigenvalue weighted by molar-refractivity contribution is 5.98. The third-order valence-corrected chi connectivity index (χ3v) is 3.39. The van der Waals surface area contributed by atoms with E-state index >= 15 is 0 Å². The molecule has 1 aliphatic rings. The molecule has 0 unspecified atom stereocenters. The smallest absolute Gasteiger partial charge is 0.342 e. The first kappa shape index (κ1) is 15.5. The lowest BCUT2D eigenvalue weighted by Gasteiger charge is -2.16. The van der Waals surface area contributed by atoms with E-state index in [2.05, 4.69) is 9.97 Å². The number of hydrogen-bond acceptors (Lipinski definition) is 5. The first-order chi connectivity index (χ1) is 11.2. The Morgan fingerprint density at radius 1 is 1.09 bits per heavy atom. The van der Waals surface area contributed by atoms with Crippen molar-refractivity contribution in [2.75, 3.05) is 12.3 Å². The zero-order valence-electron chi connectivity index (χ0n) is 12.7. The normalized spacial score (nSPS) is 14.8. The number of hydrogen-bond donors (Lipinski definition) is 1. The van der Waals surface area contributed by atoms with Crippen molar-refractivity contribution >= 4 is 11.9 Å². The molecule has 3 rings (SSSR count). The maximum absolute atomic E-state index is 12.5. The summed E-state index contributed by atoms with van der Waals surface area (Å²) in [5.41, 5.74) is 7.96. The van der Waals surface area contributed by atoms with Crippen molar-refractivity contribution in [3.05, 3.63) is 73.2 Å². The van der Waals surface area contributed by atoms with Gasteiger partial charge in [0.2, 0.25) is 5.95 Å². The summed E-state index contributed by atoms with van der Waals surface area (Å²) in [7, 11) is 0. The Bertz CT molecular complexity index is 695. The number of aromatic nitrogens is 2. The number of esters is 1. The Kier molecular flexibility index (Phi) is 4.55. The fraction of sp³-hybridized carbons (Fsp3) is 0.111. The van der Waals surface area contributed by atoms with Gasteiger partial charge in [0.15, 0.2) is 0 Å². The fourth-order valence-corrected chi connectivity index (χ4v) is 2.42. The summed E-state index contributed by atoms with van der Waals surface area (Å²) in [6, 6.07) is 9.41. The van der Waals surface area contributed by atoms with Crippen LogP contribution in [0.3, 0.4) is 0 Å². The summed E-state index contributed by atoms with van der Waals surface area (Å²) in [4.78, 5) is 21.1. The number of rotatable bonds is 4. The molecule has 0 amide bonds. The van der Waals surface area contributed by atoms with Gasteiger partial charge >= 0.3 is 5.97 Å². The Balaban J connectivity index is 2.19. The van der Waals surface area contributed by atoms with Crippen LogP contribution in [0.5, 0.6) is 0 Å². The zero-order valence-corrected chi connectivity index (χ0v) is 12.7. The van der Waals surface area contributed by atoms with Crippen molar-refractivity contribution in [3.8, 4) is 11.3 Å². The van der Waals surface area contributed by atoms with Gasteiger partial charge in [-0.3, -0.25) is 0 Å². The average molecular weight is 306 g/mol. The van der Waals surface area contributed by atoms with Gasteiger partial charge in [-0.05, 0) is 32.6 Å². The number of nitrogens with zero attached hydrogens (tertiary/aromatic N) is 2. The number of anilines is 1. The molecule has 1 fully saturated rings. The molecule has 1 aromatic carbocycles. The Morgan fingerprint density at radius 3 is 2.39 bits per heavy atom. The van der Waals surface area contributed by atoms with Gasteiger partial charge in [-0.15, -0.1) is 0 Å². The van der Waals surface area contributed by atoms with Gasteiger partial charge in [-0.1, -0.05) is 30.3 Å². The predicted octanol–water partition coefficient (Wildman–Crippen LogP) is 2.66. The van der Waals surface area contributed by atoms with E-state index in [0.29, 0.717) is 17.0 Å². The van der Waals surface area contributed by atoms with Gasteiger partial charge in [0, 0.05) is 11.5 Å². The van der Waals surface area contributed by atoms with Gasteiger partial charge in [0.1, 0.15) is 5.56 Å². The number of nitrogen functional groups attached to an aromatic ring is 1. The van der Waals surface area contributed by atoms with Crippen molar-refractivity contribution < 1.29 is 9.53 Å².